The predicted octanol–water partition coefficient (Wildman–Crippen LogP) is 2.34. The normalized spacial score (nSPS) is 26.5. The van der Waals surface area contributed by atoms with Gasteiger partial charge in [0.1, 0.15) is 0 Å². The molecule has 0 spiro atoms. The van der Waals surface area contributed by atoms with E-state index in [1.165, 1.54) is 0 Å². The van der Waals surface area contributed by atoms with E-state index < -0.39 is 0 Å². The van der Waals surface area contributed by atoms with Crippen LogP contribution in [0.3, 0.4) is 0 Å². The Labute approximate surface area is 81.1 Å². The highest BCUT2D eigenvalue weighted by Gasteiger charge is 2.56. The number of amides is 1. The highest BCUT2D eigenvalue weighted by molar-refractivity contribution is 5.90. The van der Waals surface area contributed by atoms with Crippen LogP contribution in [0.15, 0.2) is 0 Å². The molecule has 0 aliphatic carbocycles. The van der Waals surface area contributed by atoms with E-state index in [1.54, 1.807) is 0 Å². The minimum absolute atomic E-state index is 0.0851. The van der Waals surface area contributed by atoms with Gasteiger partial charge in [-0.25, -0.2) is 0 Å². The van der Waals surface area contributed by atoms with E-state index in [-0.39, 0.29) is 16.7 Å². The smallest absolute Gasteiger partial charge is 0.228 e. The number of carbonyl (C=O) groups is 1. The van der Waals surface area contributed by atoms with Crippen molar-refractivity contribution in [1.29, 1.82) is 0 Å². The maximum atomic E-state index is 11.6. The molecule has 0 bridgehead atoms. The Morgan fingerprint density at radius 3 is 1.92 bits per heavy atom. The molecule has 1 aliphatic rings. The molecule has 1 amide bonds. The van der Waals surface area contributed by atoms with Gasteiger partial charge in [0.15, 0.2) is 0 Å². The molecule has 1 atom stereocenters. The van der Waals surface area contributed by atoms with Crippen LogP contribution < -0.4 is 5.32 Å². The lowest BCUT2D eigenvalue weighted by atomic mass is 9.60. The fraction of sp³-hybridized carbons (Fsp3) is 0.909. The standard InChI is InChI=1S/C11H21NO/c1-6-11(7-2)8(10(3,4)5)12-9(11)13/h8H,6-7H2,1-5H3,(H,12,13). The Kier molecular flexibility index (Phi) is 2.44. The summed E-state index contributed by atoms with van der Waals surface area (Å²) in [6.45, 7) is 10.8. The minimum Gasteiger partial charge on any atom is -0.351 e. The molecule has 1 N–H and O–H groups in total. The van der Waals surface area contributed by atoms with Gasteiger partial charge in [-0.2, -0.15) is 0 Å². The Balaban J connectivity index is 2.87. The lowest BCUT2D eigenvalue weighted by Crippen LogP contribution is -2.70. The molecule has 1 unspecified atom stereocenters. The van der Waals surface area contributed by atoms with Gasteiger partial charge in [-0.1, -0.05) is 34.6 Å². The lowest BCUT2D eigenvalue weighted by molar-refractivity contribution is -0.152. The molecule has 1 aliphatic heterocycles. The van der Waals surface area contributed by atoms with E-state index in [1.807, 2.05) is 0 Å². The second-order valence-electron chi connectivity index (χ2n) is 5.14. The van der Waals surface area contributed by atoms with Crippen molar-refractivity contribution < 1.29 is 4.79 Å². The van der Waals surface area contributed by atoms with E-state index in [0.29, 0.717) is 6.04 Å². The first-order valence-electron chi connectivity index (χ1n) is 5.19. The van der Waals surface area contributed by atoms with Gasteiger partial charge in [-0.3, -0.25) is 4.79 Å². The molecule has 0 radical (unpaired) electrons. The largest absolute Gasteiger partial charge is 0.351 e. The fourth-order valence-corrected chi connectivity index (χ4v) is 2.49. The first-order valence-corrected chi connectivity index (χ1v) is 5.19. The summed E-state index contributed by atoms with van der Waals surface area (Å²) in [5.74, 6) is 0.248. The minimum atomic E-state index is -0.0851. The van der Waals surface area contributed by atoms with E-state index in [4.69, 9.17) is 0 Å². The molecular formula is C11H21NO. The highest BCUT2D eigenvalue weighted by atomic mass is 16.2. The molecular weight excluding hydrogens is 162 g/mol. The van der Waals surface area contributed by atoms with Crippen molar-refractivity contribution in [1.82, 2.24) is 5.32 Å². The summed E-state index contributed by atoms with van der Waals surface area (Å²) in [6.07, 6.45) is 1.91. The summed E-state index contributed by atoms with van der Waals surface area (Å²) in [6, 6.07) is 0.350. The molecule has 1 saturated heterocycles. The molecule has 13 heavy (non-hydrogen) atoms. The third-order valence-electron chi connectivity index (χ3n) is 3.41. The van der Waals surface area contributed by atoms with Gasteiger partial charge in [0.2, 0.25) is 5.91 Å². The van der Waals surface area contributed by atoms with Gasteiger partial charge >= 0.3 is 0 Å². The van der Waals surface area contributed by atoms with E-state index in [0.717, 1.165) is 12.8 Å². The number of carbonyl (C=O) groups excluding carboxylic acids is 1. The van der Waals surface area contributed by atoms with Crippen molar-refractivity contribution in [3.05, 3.63) is 0 Å². The van der Waals surface area contributed by atoms with Crippen molar-refractivity contribution in [2.45, 2.75) is 53.5 Å². The molecule has 2 nitrogen and oxygen atoms in total. The Bertz CT molecular complexity index is 211. The van der Waals surface area contributed by atoms with Crippen LogP contribution in [0.1, 0.15) is 47.5 Å². The third-order valence-corrected chi connectivity index (χ3v) is 3.41. The second kappa shape index (κ2) is 3.00. The third kappa shape index (κ3) is 1.36. The number of rotatable bonds is 2. The molecule has 1 heterocycles. The summed E-state index contributed by atoms with van der Waals surface area (Å²) in [5, 5.41) is 3.04. The Morgan fingerprint density at radius 2 is 1.77 bits per heavy atom. The van der Waals surface area contributed by atoms with Crippen LogP contribution in [-0.4, -0.2) is 11.9 Å². The zero-order chi connectivity index (χ0) is 10.3. The van der Waals surface area contributed by atoms with E-state index in [9.17, 15) is 4.79 Å². The van der Waals surface area contributed by atoms with Gasteiger partial charge in [0.25, 0.3) is 0 Å². The van der Waals surface area contributed by atoms with Gasteiger partial charge in [-0.15, -0.1) is 0 Å². The summed E-state index contributed by atoms with van der Waals surface area (Å²) in [4.78, 5) is 11.6. The summed E-state index contributed by atoms with van der Waals surface area (Å²) < 4.78 is 0. The molecule has 1 fully saturated rings. The topological polar surface area (TPSA) is 29.1 Å². The molecule has 0 aromatic heterocycles. The lowest BCUT2D eigenvalue weighted by Gasteiger charge is -2.54. The zero-order valence-electron chi connectivity index (χ0n) is 9.40. The number of β-lactam (4-membered cyclic amide) rings is 1. The van der Waals surface area contributed by atoms with Crippen LogP contribution in [0.25, 0.3) is 0 Å². The zero-order valence-corrected chi connectivity index (χ0v) is 9.40. The van der Waals surface area contributed by atoms with Gasteiger partial charge in [0.05, 0.1) is 5.41 Å². The van der Waals surface area contributed by atoms with E-state index >= 15 is 0 Å². The van der Waals surface area contributed by atoms with Crippen molar-refractivity contribution in [3.8, 4) is 0 Å². The molecule has 2 heteroatoms. The van der Waals surface area contributed by atoms with Gasteiger partial charge in [-0.05, 0) is 18.3 Å². The number of nitrogens with one attached hydrogen (secondary N) is 1. The first-order chi connectivity index (χ1) is 5.88. The van der Waals surface area contributed by atoms with E-state index in [2.05, 4.69) is 39.9 Å². The van der Waals surface area contributed by atoms with Crippen LogP contribution in [0, 0.1) is 10.8 Å². The van der Waals surface area contributed by atoms with Crippen LogP contribution in [0.4, 0.5) is 0 Å². The monoisotopic (exact) mass is 183 g/mol. The fourth-order valence-electron chi connectivity index (χ4n) is 2.49. The SMILES string of the molecule is CCC1(CC)C(=O)NC1C(C)(C)C. The quantitative estimate of drug-likeness (QED) is 0.654. The number of hydrogen-bond donors (Lipinski definition) is 1. The van der Waals surface area contributed by atoms with Crippen LogP contribution >= 0.6 is 0 Å². The molecule has 1 rings (SSSR count). The van der Waals surface area contributed by atoms with Gasteiger partial charge in [0, 0.05) is 6.04 Å². The summed E-state index contributed by atoms with van der Waals surface area (Å²) in [5.41, 5.74) is 0.0954. The highest BCUT2D eigenvalue weighted by Crippen LogP contribution is 2.45. The van der Waals surface area contributed by atoms with Crippen molar-refractivity contribution in [3.63, 3.8) is 0 Å². The van der Waals surface area contributed by atoms with Gasteiger partial charge < -0.3 is 5.32 Å². The Hall–Kier alpha value is -0.530. The van der Waals surface area contributed by atoms with Crippen molar-refractivity contribution >= 4 is 5.91 Å². The summed E-state index contributed by atoms with van der Waals surface area (Å²) >= 11 is 0. The van der Waals surface area contributed by atoms with Crippen LogP contribution in [0.5, 0.6) is 0 Å². The maximum Gasteiger partial charge on any atom is 0.228 e. The van der Waals surface area contributed by atoms with Crippen molar-refractivity contribution in [2.24, 2.45) is 10.8 Å². The Morgan fingerprint density at radius 1 is 1.31 bits per heavy atom. The molecule has 0 saturated carbocycles. The number of hydrogen-bond acceptors (Lipinski definition) is 1. The van der Waals surface area contributed by atoms with Crippen LogP contribution in [0.2, 0.25) is 0 Å². The predicted molar refractivity (Wildman–Crippen MR) is 54.4 cm³/mol. The molecule has 76 valence electrons. The summed E-state index contributed by atoms with van der Waals surface area (Å²) in [7, 11) is 0. The van der Waals surface area contributed by atoms with Crippen LogP contribution in [-0.2, 0) is 4.79 Å². The molecule has 0 aromatic rings. The maximum absolute atomic E-state index is 11.6. The second-order valence-corrected chi connectivity index (χ2v) is 5.14. The average Bonchev–Trinajstić information content (AvgIpc) is 2.01. The average molecular weight is 183 g/mol. The molecule has 0 aromatic carbocycles. The van der Waals surface area contributed by atoms with Crippen molar-refractivity contribution in [2.75, 3.05) is 0 Å². The first kappa shape index (κ1) is 10.6.